The molecule has 1 fully saturated rings. The molecule has 12 nitrogen and oxygen atoms in total. The number of nitro groups is 1. The number of aromatic nitrogens is 2. The van der Waals surface area contributed by atoms with E-state index in [2.05, 4.69) is 9.82 Å². The summed E-state index contributed by atoms with van der Waals surface area (Å²) in [6.45, 7) is 9.10. The summed E-state index contributed by atoms with van der Waals surface area (Å²) < 4.78 is 41.3. The summed E-state index contributed by atoms with van der Waals surface area (Å²) in [6, 6.07) is 2.97. The van der Waals surface area contributed by atoms with Crippen LogP contribution < -0.4 is 9.46 Å². The molecule has 186 valence electrons. The van der Waals surface area contributed by atoms with Crippen molar-refractivity contribution < 1.29 is 27.6 Å². The minimum Gasteiger partial charge on any atom is -0.438 e. The molecule has 34 heavy (non-hydrogen) atoms. The Bertz CT molecular complexity index is 1170. The van der Waals surface area contributed by atoms with Crippen LogP contribution in [0.1, 0.15) is 43.2 Å². The van der Waals surface area contributed by atoms with E-state index in [0.717, 1.165) is 6.07 Å². The fourth-order valence-electron chi connectivity index (χ4n) is 3.42. The molecule has 1 aromatic heterocycles. The third-order valence-electron chi connectivity index (χ3n) is 5.53. The van der Waals surface area contributed by atoms with Crippen LogP contribution in [0.5, 0.6) is 11.6 Å². The van der Waals surface area contributed by atoms with Gasteiger partial charge >= 0.3 is 0 Å². The van der Waals surface area contributed by atoms with Crippen molar-refractivity contribution in [1.82, 2.24) is 19.4 Å². The van der Waals surface area contributed by atoms with Gasteiger partial charge in [0.2, 0.25) is 15.9 Å². The first-order valence-corrected chi connectivity index (χ1v) is 12.5. The van der Waals surface area contributed by atoms with Crippen LogP contribution >= 0.6 is 0 Å². The molecule has 0 unspecified atom stereocenters. The number of nitrogens with one attached hydrogen (secondary N) is 1. The van der Waals surface area contributed by atoms with Gasteiger partial charge in [0.25, 0.3) is 11.6 Å². The van der Waals surface area contributed by atoms with Crippen molar-refractivity contribution in [2.24, 2.45) is 0 Å². The van der Waals surface area contributed by atoms with Crippen LogP contribution in [0.4, 0.5) is 5.69 Å². The molecule has 1 saturated heterocycles. The van der Waals surface area contributed by atoms with Gasteiger partial charge in [-0.1, -0.05) is 6.92 Å². The molecule has 1 amide bonds. The van der Waals surface area contributed by atoms with Gasteiger partial charge in [-0.3, -0.25) is 14.9 Å². The summed E-state index contributed by atoms with van der Waals surface area (Å²) in [4.78, 5) is 24.9. The molecule has 0 radical (unpaired) electrons. The molecule has 1 aromatic carbocycles. The quantitative estimate of drug-likeness (QED) is 0.412. The van der Waals surface area contributed by atoms with Crippen molar-refractivity contribution in [3.63, 3.8) is 0 Å². The van der Waals surface area contributed by atoms with E-state index in [-0.39, 0.29) is 33.8 Å². The highest BCUT2D eigenvalue weighted by molar-refractivity contribution is 7.89. The maximum absolute atomic E-state index is 13.0. The summed E-state index contributed by atoms with van der Waals surface area (Å²) in [5, 5.41) is 15.7. The molecule has 1 aliphatic rings. The van der Waals surface area contributed by atoms with E-state index in [1.807, 2.05) is 6.92 Å². The van der Waals surface area contributed by atoms with Crippen molar-refractivity contribution in [2.75, 3.05) is 26.3 Å². The lowest BCUT2D eigenvalue weighted by molar-refractivity contribution is -0.385. The highest BCUT2D eigenvalue weighted by Gasteiger charge is 2.29. The monoisotopic (exact) mass is 495 g/mol. The lowest BCUT2D eigenvalue weighted by atomic mass is 10.2. The summed E-state index contributed by atoms with van der Waals surface area (Å²) in [5.74, 6) is -0.190. The van der Waals surface area contributed by atoms with Crippen LogP contribution in [0.2, 0.25) is 0 Å². The number of carbonyl (C=O) groups is 1. The van der Waals surface area contributed by atoms with Crippen molar-refractivity contribution in [3.8, 4) is 11.6 Å². The molecule has 0 aliphatic carbocycles. The number of ether oxygens (including phenoxy) is 2. The first kappa shape index (κ1) is 25.6. The van der Waals surface area contributed by atoms with Crippen LogP contribution in [0.3, 0.4) is 0 Å². The minimum absolute atomic E-state index is 0.107. The number of nitrogens with zero attached hydrogens (tertiary/aromatic N) is 4. The van der Waals surface area contributed by atoms with Crippen LogP contribution in [0.25, 0.3) is 0 Å². The van der Waals surface area contributed by atoms with Gasteiger partial charge in [0.15, 0.2) is 5.69 Å². The van der Waals surface area contributed by atoms with E-state index in [4.69, 9.17) is 9.47 Å². The Kier molecular flexibility index (Phi) is 7.89. The van der Waals surface area contributed by atoms with Gasteiger partial charge in [0.1, 0.15) is 10.6 Å². The molecule has 1 aliphatic heterocycles. The van der Waals surface area contributed by atoms with Gasteiger partial charge in [-0.05, 0) is 33.3 Å². The summed E-state index contributed by atoms with van der Waals surface area (Å²) in [5.41, 5.74) is 0.249. The molecular weight excluding hydrogens is 466 g/mol. The first-order chi connectivity index (χ1) is 16.1. The van der Waals surface area contributed by atoms with Crippen molar-refractivity contribution in [2.45, 2.75) is 51.6 Å². The minimum atomic E-state index is -4.14. The van der Waals surface area contributed by atoms with Gasteiger partial charge in [0.05, 0.1) is 18.1 Å². The number of amides is 1. The van der Waals surface area contributed by atoms with E-state index >= 15 is 0 Å². The number of non-ortho nitro benzene ring substituents is 1. The standard InChI is InChI=1S/C21H29N5O7S/c1-5-14(3)23-34(30,31)18-13-16(26(28)29)7-8-17(18)33-21-15(4)19(22-25(21)6-2)20(27)24-9-11-32-12-10-24/h7-8,13-14,23H,5-6,9-12H2,1-4H3/t14-/m1/s1. The Morgan fingerprint density at radius 1 is 1.32 bits per heavy atom. The van der Waals surface area contributed by atoms with Crippen LogP contribution in [-0.4, -0.2) is 66.3 Å². The van der Waals surface area contributed by atoms with Gasteiger partial charge in [-0.25, -0.2) is 17.8 Å². The SMILES string of the molecule is CC[C@@H](C)NS(=O)(=O)c1cc([N+](=O)[O-])ccc1Oc1c(C)c(C(=O)N2CCOCC2)nn1CC. The molecule has 1 N–H and O–H groups in total. The normalized spacial score (nSPS) is 15.2. The zero-order valence-corrected chi connectivity index (χ0v) is 20.4. The third-order valence-corrected chi connectivity index (χ3v) is 7.15. The molecule has 0 saturated carbocycles. The fourth-order valence-corrected chi connectivity index (χ4v) is 4.89. The number of carbonyl (C=O) groups excluding carboxylic acids is 1. The summed E-state index contributed by atoms with van der Waals surface area (Å²) in [7, 11) is -4.14. The zero-order valence-electron chi connectivity index (χ0n) is 19.6. The Morgan fingerprint density at radius 2 is 2.00 bits per heavy atom. The number of hydrogen-bond acceptors (Lipinski definition) is 8. The zero-order chi connectivity index (χ0) is 25.0. The Hall–Kier alpha value is -3.03. The van der Waals surface area contributed by atoms with Gasteiger partial charge < -0.3 is 14.4 Å². The van der Waals surface area contributed by atoms with Gasteiger partial charge in [0, 0.05) is 43.4 Å². The van der Waals surface area contributed by atoms with Crippen molar-refractivity contribution in [1.29, 1.82) is 0 Å². The Morgan fingerprint density at radius 3 is 2.59 bits per heavy atom. The predicted octanol–water partition coefficient (Wildman–Crippen LogP) is 2.46. The molecule has 13 heteroatoms. The van der Waals surface area contributed by atoms with E-state index in [9.17, 15) is 23.3 Å². The second-order valence-electron chi connectivity index (χ2n) is 7.92. The number of morpholine rings is 1. The topological polar surface area (TPSA) is 146 Å². The molecule has 0 spiro atoms. The van der Waals surface area contributed by atoms with Crippen molar-refractivity contribution >= 4 is 21.6 Å². The summed E-state index contributed by atoms with van der Waals surface area (Å²) in [6.07, 6.45) is 0.527. The second kappa shape index (κ2) is 10.5. The number of rotatable bonds is 9. The van der Waals surface area contributed by atoms with Gasteiger partial charge in [-0.2, -0.15) is 5.10 Å². The number of aryl methyl sites for hydroxylation is 1. The highest BCUT2D eigenvalue weighted by Crippen LogP contribution is 2.35. The van der Waals surface area contributed by atoms with Crippen molar-refractivity contribution in [3.05, 3.63) is 39.6 Å². The molecule has 0 bridgehead atoms. The molecule has 3 rings (SSSR count). The Labute approximate surface area is 198 Å². The van der Waals surface area contributed by atoms with Crippen LogP contribution in [-0.2, 0) is 21.3 Å². The predicted molar refractivity (Wildman–Crippen MR) is 123 cm³/mol. The second-order valence-corrected chi connectivity index (χ2v) is 9.60. The lowest BCUT2D eigenvalue weighted by Crippen LogP contribution is -2.41. The largest absolute Gasteiger partial charge is 0.438 e. The average molecular weight is 496 g/mol. The first-order valence-electron chi connectivity index (χ1n) is 11.0. The fraction of sp³-hybridized carbons (Fsp3) is 0.524. The van der Waals surface area contributed by atoms with E-state index in [1.165, 1.54) is 16.8 Å². The third kappa shape index (κ3) is 5.37. The maximum Gasteiger partial charge on any atom is 0.274 e. The average Bonchev–Trinajstić information content (AvgIpc) is 3.13. The van der Waals surface area contributed by atoms with E-state index < -0.39 is 21.0 Å². The number of benzene rings is 1. The highest BCUT2D eigenvalue weighted by atomic mass is 32.2. The van der Waals surface area contributed by atoms with E-state index in [0.29, 0.717) is 44.8 Å². The van der Waals surface area contributed by atoms with Crippen LogP contribution in [0, 0.1) is 17.0 Å². The number of nitro benzene ring substituents is 1. The molecule has 2 heterocycles. The molecule has 2 aromatic rings. The molecular formula is C21H29N5O7S. The maximum atomic E-state index is 13.0. The number of hydrogen-bond donors (Lipinski definition) is 1. The lowest BCUT2D eigenvalue weighted by Gasteiger charge is -2.26. The Balaban J connectivity index is 2.04. The van der Waals surface area contributed by atoms with E-state index in [1.54, 1.807) is 25.7 Å². The van der Waals surface area contributed by atoms with Crippen LogP contribution in [0.15, 0.2) is 23.1 Å². The number of sulfonamides is 1. The smallest absolute Gasteiger partial charge is 0.274 e. The molecule has 1 atom stereocenters. The summed E-state index contributed by atoms with van der Waals surface area (Å²) >= 11 is 0. The van der Waals surface area contributed by atoms with Gasteiger partial charge in [-0.15, -0.1) is 0 Å².